The molecule has 0 amide bonds. The fourth-order valence-electron chi connectivity index (χ4n) is 2.55. The van der Waals surface area contributed by atoms with Gasteiger partial charge in [-0.1, -0.05) is 11.6 Å². The quantitative estimate of drug-likeness (QED) is 0.698. The molecule has 0 radical (unpaired) electrons. The monoisotopic (exact) mass is 392 g/mol. The van der Waals surface area contributed by atoms with Crippen LogP contribution in [0.4, 0.5) is 11.5 Å². The fourth-order valence-corrected chi connectivity index (χ4v) is 3.69. The maximum atomic E-state index is 12.5. The summed E-state index contributed by atoms with van der Waals surface area (Å²) < 4.78 is 15.5. The van der Waals surface area contributed by atoms with Crippen LogP contribution in [0.2, 0.25) is 5.02 Å². The number of nitrogens with zero attached hydrogens (tertiary/aromatic N) is 2. The highest BCUT2D eigenvalue weighted by molar-refractivity contribution is 7.90. The van der Waals surface area contributed by atoms with Gasteiger partial charge in [0.1, 0.15) is 10.6 Å². The third-order valence-electron chi connectivity index (χ3n) is 4.28. The van der Waals surface area contributed by atoms with Gasteiger partial charge in [0.15, 0.2) is 0 Å². The van der Waals surface area contributed by atoms with Crippen LogP contribution in [0.5, 0.6) is 0 Å². The third-order valence-corrected chi connectivity index (χ3v) is 6.15. The van der Waals surface area contributed by atoms with Crippen molar-refractivity contribution in [1.29, 1.82) is 0 Å². The molecule has 2 heterocycles. The normalized spacial score (nSPS) is 17.0. The summed E-state index contributed by atoms with van der Waals surface area (Å²) in [5, 5.41) is 3.73. The first-order valence-corrected chi connectivity index (χ1v) is 10.3. The van der Waals surface area contributed by atoms with E-state index < -0.39 is 11.4 Å². The molecule has 1 aliphatic carbocycles. The van der Waals surface area contributed by atoms with E-state index in [4.69, 9.17) is 11.6 Å². The van der Waals surface area contributed by atoms with Crippen molar-refractivity contribution in [2.45, 2.75) is 51.3 Å². The molecule has 1 aliphatic rings. The molecule has 0 aliphatic heterocycles. The van der Waals surface area contributed by atoms with Crippen molar-refractivity contribution in [3.05, 3.63) is 46.9 Å². The van der Waals surface area contributed by atoms with Gasteiger partial charge in [-0.05, 0) is 70.2 Å². The number of aromatic nitrogens is 2. The Morgan fingerprint density at radius 1 is 1.23 bits per heavy atom. The van der Waals surface area contributed by atoms with E-state index in [9.17, 15) is 4.55 Å². The van der Waals surface area contributed by atoms with Gasteiger partial charge in [-0.15, -0.1) is 4.72 Å². The van der Waals surface area contributed by atoms with Crippen LogP contribution in [-0.2, 0) is 11.4 Å². The minimum Gasteiger partial charge on any atom is -0.598 e. The predicted octanol–water partition coefficient (Wildman–Crippen LogP) is 4.68. The smallest absolute Gasteiger partial charge is 0.149 e. The zero-order valence-corrected chi connectivity index (χ0v) is 17.1. The van der Waals surface area contributed by atoms with Crippen molar-refractivity contribution >= 4 is 34.5 Å². The molecule has 0 spiro atoms. The molecule has 7 heteroatoms. The summed E-state index contributed by atoms with van der Waals surface area (Å²) in [5.74, 6) is 1.08. The van der Waals surface area contributed by atoms with Crippen molar-refractivity contribution < 1.29 is 4.55 Å². The summed E-state index contributed by atoms with van der Waals surface area (Å²) in [4.78, 5) is 8.75. The number of halogens is 1. The average molecular weight is 393 g/mol. The largest absolute Gasteiger partial charge is 0.598 e. The Morgan fingerprint density at radius 3 is 2.50 bits per heavy atom. The molecule has 3 rings (SSSR count). The predicted molar refractivity (Wildman–Crippen MR) is 108 cm³/mol. The maximum absolute atomic E-state index is 12.5. The topological polar surface area (TPSA) is 72.9 Å². The van der Waals surface area contributed by atoms with E-state index in [0.717, 1.165) is 29.8 Å². The number of rotatable bonds is 6. The molecule has 26 heavy (non-hydrogen) atoms. The van der Waals surface area contributed by atoms with Crippen LogP contribution in [0.1, 0.15) is 50.9 Å². The molecule has 1 saturated carbocycles. The highest BCUT2D eigenvalue weighted by Gasteiger charge is 2.38. The van der Waals surface area contributed by atoms with Gasteiger partial charge in [0.05, 0.1) is 22.9 Å². The van der Waals surface area contributed by atoms with Crippen molar-refractivity contribution in [2.24, 2.45) is 5.92 Å². The lowest BCUT2D eigenvalue weighted by molar-refractivity contribution is 0.503. The van der Waals surface area contributed by atoms with Gasteiger partial charge in [-0.2, -0.15) is 0 Å². The molecule has 2 N–H and O–H groups in total. The van der Waals surface area contributed by atoms with Gasteiger partial charge in [0.2, 0.25) is 0 Å². The summed E-state index contributed by atoms with van der Waals surface area (Å²) >= 11 is 5.32. The number of anilines is 2. The average Bonchev–Trinajstić information content (AvgIpc) is 3.40. The molecular weight excluding hydrogens is 368 g/mol. The maximum Gasteiger partial charge on any atom is 0.149 e. The second-order valence-electron chi connectivity index (χ2n) is 7.73. The number of hydrogen-bond donors (Lipinski definition) is 2. The summed E-state index contributed by atoms with van der Waals surface area (Å²) in [5.41, 5.74) is 2.77. The van der Waals surface area contributed by atoms with E-state index in [1.54, 1.807) is 6.20 Å². The van der Waals surface area contributed by atoms with Crippen LogP contribution >= 0.6 is 11.6 Å². The second kappa shape index (κ2) is 7.72. The summed E-state index contributed by atoms with van der Waals surface area (Å²) in [7, 11) is 0. The fraction of sp³-hybridized carbons (Fsp3) is 0.474. The first-order valence-electron chi connectivity index (χ1n) is 8.77. The zero-order chi connectivity index (χ0) is 18.9. The summed E-state index contributed by atoms with van der Waals surface area (Å²) in [6, 6.07) is 5.79. The van der Waals surface area contributed by atoms with Gasteiger partial charge < -0.3 is 9.87 Å². The molecule has 0 aromatic carbocycles. The number of pyridine rings is 2. The van der Waals surface area contributed by atoms with Crippen molar-refractivity contribution in [2.75, 3.05) is 5.32 Å². The Hall–Kier alpha value is -1.34. The number of hydrogen-bond acceptors (Lipinski definition) is 5. The van der Waals surface area contributed by atoms with E-state index in [2.05, 4.69) is 20.0 Å². The van der Waals surface area contributed by atoms with Gasteiger partial charge >= 0.3 is 0 Å². The number of aryl methyl sites for hydroxylation is 1. The first kappa shape index (κ1) is 19.4. The summed E-state index contributed by atoms with van der Waals surface area (Å²) in [6.45, 7) is 7.84. The molecule has 2 atom stereocenters. The molecule has 2 aromatic heterocycles. The summed E-state index contributed by atoms with van der Waals surface area (Å²) in [6.07, 6.45) is 5.82. The van der Waals surface area contributed by atoms with Crippen LogP contribution in [0.3, 0.4) is 0 Å². The van der Waals surface area contributed by atoms with E-state index >= 15 is 0 Å². The van der Waals surface area contributed by atoms with E-state index in [0.29, 0.717) is 16.8 Å². The van der Waals surface area contributed by atoms with E-state index in [1.165, 1.54) is 0 Å². The minimum absolute atomic E-state index is 0.00940. The lowest BCUT2D eigenvalue weighted by Gasteiger charge is -2.28. The zero-order valence-electron chi connectivity index (χ0n) is 15.5. The van der Waals surface area contributed by atoms with E-state index in [-0.39, 0.29) is 10.8 Å². The number of nitrogens with one attached hydrogen (secondary N) is 2. The molecule has 140 valence electrons. The standard InChI is InChI=1S/C19H25ClN4OS/c1-12-5-8-15(11-21-12)23-18-16(20)9-14(10-22-18)17(13-6-7-13)24-26(25)19(2,3)4/h5,8-11,13,17,24H,6-7H2,1-4H3,(H,22,23)/t17-,26-/m1/s1. The van der Waals surface area contributed by atoms with Gasteiger partial charge in [0, 0.05) is 23.3 Å². The third kappa shape index (κ3) is 4.88. The lowest BCUT2D eigenvalue weighted by Crippen LogP contribution is -2.41. The van der Waals surface area contributed by atoms with Crippen molar-refractivity contribution in [3.63, 3.8) is 0 Å². The lowest BCUT2D eigenvalue weighted by atomic mass is 10.1. The Morgan fingerprint density at radius 2 is 1.96 bits per heavy atom. The Kier molecular flexibility index (Phi) is 5.77. The van der Waals surface area contributed by atoms with Crippen LogP contribution in [0.25, 0.3) is 0 Å². The Labute approximate surface area is 163 Å². The van der Waals surface area contributed by atoms with Crippen molar-refractivity contribution in [3.8, 4) is 0 Å². The Bertz CT molecular complexity index is 759. The molecule has 5 nitrogen and oxygen atoms in total. The highest BCUT2D eigenvalue weighted by atomic mass is 35.5. The highest BCUT2D eigenvalue weighted by Crippen LogP contribution is 2.42. The van der Waals surface area contributed by atoms with Gasteiger partial charge in [-0.25, -0.2) is 4.98 Å². The molecule has 1 fully saturated rings. The van der Waals surface area contributed by atoms with Crippen LogP contribution in [-0.4, -0.2) is 19.3 Å². The molecule has 2 aromatic rings. The molecule has 0 bridgehead atoms. The molecular formula is C19H25ClN4OS. The van der Waals surface area contributed by atoms with Crippen molar-refractivity contribution in [1.82, 2.24) is 14.7 Å². The SMILES string of the molecule is Cc1ccc(Nc2ncc([C@H](N[S@+]([O-])C(C)(C)C)C3CC3)cc2Cl)cn1. The minimum atomic E-state index is -1.14. The van der Waals surface area contributed by atoms with Crippen LogP contribution in [0.15, 0.2) is 30.6 Å². The second-order valence-corrected chi connectivity index (χ2v) is 10.1. The Balaban J connectivity index is 1.77. The van der Waals surface area contributed by atoms with Gasteiger partial charge in [0.25, 0.3) is 0 Å². The van der Waals surface area contributed by atoms with Crippen LogP contribution < -0.4 is 10.0 Å². The van der Waals surface area contributed by atoms with Crippen LogP contribution in [0, 0.1) is 12.8 Å². The van der Waals surface area contributed by atoms with Gasteiger partial charge in [-0.3, -0.25) is 4.98 Å². The van der Waals surface area contributed by atoms with E-state index in [1.807, 2.05) is 52.1 Å². The molecule has 0 unspecified atom stereocenters. The first-order chi connectivity index (χ1) is 12.2. The molecule has 0 saturated heterocycles.